The van der Waals surface area contributed by atoms with Gasteiger partial charge in [-0.25, -0.2) is 9.97 Å². The number of aromatic nitrogens is 3. The van der Waals surface area contributed by atoms with Crippen LogP contribution in [-0.2, 0) is 0 Å². The summed E-state index contributed by atoms with van der Waals surface area (Å²) in [5, 5.41) is 7.63. The van der Waals surface area contributed by atoms with Gasteiger partial charge in [0.15, 0.2) is 11.0 Å². The Hall–Kier alpha value is -4.77. The summed E-state index contributed by atoms with van der Waals surface area (Å²) in [7, 11) is 0. The van der Waals surface area contributed by atoms with Crippen molar-refractivity contribution in [3.8, 4) is 5.69 Å². The maximum atomic E-state index is 6.78. The maximum Gasteiger partial charge on any atom is 0.160 e. The maximum absolute atomic E-state index is 6.78. The molecule has 0 bridgehead atoms. The van der Waals surface area contributed by atoms with Crippen molar-refractivity contribution in [3.05, 3.63) is 138 Å². The van der Waals surface area contributed by atoms with Gasteiger partial charge in [-0.3, -0.25) is 0 Å². The molecule has 3 heterocycles. The van der Waals surface area contributed by atoms with Gasteiger partial charge < -0.3 is 4.57 Å². The van der Waals surface area contributed by atoms with Crippen LogP contribution in [0.3, 0.4) is 0 Å². The summed E-state index contributed by atoms with van der Waals surface area (Å²) in [5.74, 6) is 0.529. The van der Waals surface area contributed by atoms with Crippen LogP contribution in [0.25, 0.3) is 70.1 Å². The molecule has 8 rings (SSSR count). The fourth-order valence-corrected chi connectivity index (χ4v) is 7.42. The minimum atomic E-state index is 0.455. The Bertz CT molecular complexity index is 2400. The van der Waals surface area contributed by atoms with E-state index in [0.29, 0.717) is 16.6 Å². The second-order valence-electron chi connectivity index (χ2n) is 10.5. The average Bonchev–Trinajstić information content (AvgIpc) is 3.56. The third kappa shape index (κ3) is 3.80. The van der Waals surface area contributed by atoms with Crippen molar-refractivity contribution in [2.75, 3.05) is 0 Å². The monoisotopic (exact) mass is 577 g/mol. The summed E-state index contributed by atoms with van der Waals surface area (Å²) >= 11 is 8.41. The highest BCUT2D eigenvalue weighted by atomic mass is 35.5. The first-order valence-electron chi connectivity index (χ1n) is 13.8. The smallest absolute Gasteiger partial charge is 0.160 e. The van der Waals surface area contributed by atoms with Crippen molar-refractivity contribution in [3.63, 3.8) is 0 Å². The van der Waals surface area contributed by atoms with Gasteiger partial charge in [-0.15, -0.1) is 11.3 Å². The zero-order chi connectivity index (χ0) is 28.4. The zero-order valence-electron chi connectivity index (χ0n) is 22.8. The van der Waals surface area contributed by atoms with E-state index < -0.39 is 0 Å². The van der Waals surface area contributed by atoms with Gasteiger partial charge in [-0.1, -0.05) is 97.0 Å². The predicted octanol–water partition coefficient (Wildman–Crippen LogP) is 10.8. The molecule has 0 spiro atoms. The topological polar surface area (TPSA) is 30.7 Å². The summed E-state index contributed by atoms with van der Waals surface area (Å²) in [5.41, 5.74) is 6.14. The molecule has 0 amide bonds. The van der Waals surface area contributed by atoms with Crippen LogP contribution in [0.1, 0.15) is 17.1 Å². The van der Waals surface area contributed by atoms with Gasteiger partial charge in [0.1, 0.15) is 0 Å². The van der Waals surface area contributed by atoms with Crippen molar-refractivity contribution in [1.82, 2.24) is 14.5 Å². The lowest BCUT2D eigenvalue weighted by molar-refractivity contribution is 1.10. The van der Waals surface area contributed by atoms with Crippen molar-refractivity contribution in [2.45, 2.75) is 6.92 Å². The second kappa shape index (κ2) is 9.66. The van der Waals surface area contributed by atoms with Crippen LogP contribution >= 0.6 is 22.9 Å². The van der Waals surface area contributed by atoms with E-state index in [2.05, 4.69) is 126 Å². The Balaban J connectivity index is 1.30. The molecule has 200 valence electrons. The molecule has 0 saturated heterocycles. The third-order valence-electron chi connectivity index (χ3n) is 8.06. The first-order chi connectivity index (χ1) is 20.6. The summed E-state index contributed by atoms with van der Waals surface area (Å²) in [6, 6.07) is 36.1. The van der Waals surface area contributed by atoms with Crippen LogP contribution in [0, 0.1) is 6.92 Å². The number of nitrogens with zero attached hydrogens (tertiary/aromatic N) is 3. The van der Waals surface area contributed by atoms with Gasteiger partial charge >= 0.3 is 0 Å². The summed E-state index contributed by atoms with van der Waals surface area (Å²) in [6.45, 7) is 6.57. The van der Waals surface area contributed by atoms with E-state index in [4.69, 9.17) is 16.6 Å². The van der Waals surface area contributed by atoms with Crippen molar-refractivity contribution in [2.24, 2.45) is 0 Å². The van der Waals surface area contributed by atoms with Crippen molar-refractivity contribution < 1.29 is 0 Å². The summed E-state index contributed by atoms with van der Waals surface area (Å²) < 4.78 is 4.36. The standard InChI is InChI=1S/C37H24ClN3S/c1-22(37-39-34-33-28-15-9-7-11-25(28)18-21-31(33)42-35(34)36(38)40-37)16-19-29-23(2)32-27-14-8-6-10-24(27)17-20-30(32)41(29)26-12-4-3-5-13-26/h3-21H,1H2,2H3/b19-16-. The number of hydrogen-bond acceptors (Lipinski definition) is 3. The van der Waals surface area contributed by atoms with E-state index >= 15 is 0 Å². The molecule has 0 radical (unpaired) electrons. The van der Waals surface area contributed by atoms with Gasteiger partial charge in [-0.2, -0.15) is 0 Å². The lowest BCUT2D eigenvalue weighted by Crippen LogP contribution is -1.97. The number of rotatable bonds is 4. The van der Waals surface area contributed by atoms with Gasteiger partial charge in [0.05, 0.1) is 15.7 Å². The summed E-state index contributed by atoms with van der Waals surface area (Å²) in [4.78, 5) is 9.71. The molecule has 0 N–H and O–H groups in total. The first-order valence-corrected chi connectivity index (χ1v) is 15.0. The van der Waals surface area contributed by atoms with Crippen LogP contribution in [-0.4, -0.2) is 14.5 Å². The Morgan fingerprint density at radius 3 is 2.21 bits per heavy atom. The number of aryl methyl sites for hydroxylation is 1. The van der Waals surface area contributed by atoms with Gasteiger partial charge in [0.2, 0.25) is 0 Å². The minimum absolute atomic E-state index is 0.455. The van der Waals surface area contributed by atoms with Gasteiger partial charge in [0, 0.05) is 32.4 Å². The fraction of sp³-hybridized carbons (Fsp3) is 0.0270. The van der Waals surface area contributed by atoms with Crippen LogP contribution in [0.5, 0.6) is 0 Å². The molecule has 5 aromatic carbocycles. The minimum Gasteiger partial charge on any atom is -0.310 e. The van der Waals surface area contributed by atoms with Crippen LogP contribution in [0.2, 0.25) is 5.15 Å². The molecule has 8 aromatic rings. The highest BCUT2D eigenvalue weighted by molar-refractivity contribution is 7.26. The molecular weight excluding hydrogens is 554 g/mol. The first kappa shape index (κ1) is 25.0. The zero-order valence-corrected chi connectivity index (χ0v) is 24.4. The van der Waals surface area contributed by atoms with E-state index in [1.54, 1.807) is 11.3 Å². The molecule has 0 aliphatic heterocycles. The van der Waals surface area contributed by atoms with Crippen molar-refractivity contribution >= 4 is 87.3 Å². The Labute approximate surface area is 251 Å². The molecule has 0 fully saturated rings. The average molecular weight is 578 g/mol. The molecule has 0 unspecified atom stereocenters. The highest BCUT2D eigenvalue weighted by Gasteiger charge is 2.18. The SMILES string of the molecule is C=C(/C=C\c1c(C)c2c3ccccc3ccc2n1-c1ccccc1)c1nc(Cl)c2sc3ccc4ccccc4c3c2n1. The molecular formula is C37H24ClN3S. The Morgan fingerprint density at radius 1 is 0.786 bits per heavy atom. The quantitative estimate of drug-likeness (QED) is 0.154. The fourth-order valence-electron chi connectivity index (χ4n) is 6.09. The van der Waals surface area contributed by atoms with Crippen LogP contribution in [0.15, 0.2) is 116 Å². The van der Waals surface area contributed by atoms with Crippen LogP contribution in [0.4, 0.5) is 0 Å². The number of halogens is 1. The molecule has 5 heteroatoms. The lowest BCUT2D eigenvalue weighted by Gasteiger charge is -2.10. The van der Waals surface area contributed by atoms with Gasteiger partial charge in [0.25, 0.3) is 0 Å². The summed E-state index contributed by atoms with van der Waals surface area (Å²) in [6.07, 6.45) is 4.13. The van der Waals surface area contributed by atoms with E-state index in [1.807, 2.05) is 12.1 Å². The number of hydrogen-bond donors (Lipinski definition) is 0. The molecule has 42 heavy (non-hydrogen) atoms. The van der Waals surface area contributed by atoms with E-state index in [-0.39, 0.29) is 0 Å². The molecule has 0 atom stereocenters. The Kier molecular flexibility index (Phi) is 5.74. The lowest BCUT2D eigenvalue weighted by atomic mass is 10.0. The number of allylic oxidation sites excluding steroid dienone is 2. The van der Waals surface area contributed by atoms with E-state index in [1.165, 1.54) is 38.0 Å². The third-order valence-corrected chi connectivity index (χ3v) is 9.59. The number of fused-ring (bicyclic) bond motifs is 8. The predicted molar refractivity (Wildman–Crippen MR) is 181 cm³/mol. The molecule has 3 aromatic heterocycles. The number of para-hydroxylation sites is 1. The van der Waals surface area contributed by atoms with Gasteiger partial charge in [-0.05, 0) is 70.4 Å². The number of benzene rings is 5. The largest absolute Gasteiger partial charge is 0.310 e. The molecule has 3 nitrogen and oxygen atoms in total. The normalized spacial score (nSPS) is 12.0. The molecule has 0 aliphatic rings. The van der Waals surface area contributed by atoms with E-state index in [9.17, 15) is 0 Å². The molecule has 0 aliphatic carbocycles. The number of thiophene rings is 1. The van der Waals surface area contributed by atoms with E-state index in [0.717, 1.165) is 31.7 Å². The highest BCUT2D eigenvalue weighted by Crippen LogP contribution is 2.41. The van der Waals surface area contributed by atoms with Crippen molar-refractivity contribution in [1.29, 1.82) is 0 Å². The molecule has 0 saturated carbocycles. The second-order valence-corrected chi connectivity index (χ2v) is 11.9. The van der Waals surface area contributed by atoms with Crippen LogP contribution < -0.4 is 0 Å². The Morgan fingerprint density at radius 2 is 1.45 bits per heavy atom.